The maximum Gasteiger partial charge on any atom is 0.272 e. The SMILES string of the molecule is COc1cc(N2CCOCC2)ccc1/C=N\NC(=O)c1cccnc1. The molecule has 1 aromatic carbocycles. The van der Waals surface area contributed by atoms with E-state index in [0.717, 1.165) is 37.6 Å². The number of hydrogen-bond acceptors (Lipinski definition) is 6. The first kappa shape index (κ1) is 16.9. The van der Waals surface area contributed by atoms with Crippen molar-refractivity contribution in [3.8, 4) is 5.75 Å². The predicted octanol–water partition coefficient (Wildman–Crippen LogP) is 1.69. The molecule has 2 aromatic rings. The number of hydrogen-bond donors (Lipinski definition) is 1. The van der Waals surface area contributed by atoms with E-state index >= 15 is 0 Å². The number of rotatable bonds is 5. The van der Waals surface area contributed by atoms with Gasteiger partial charge in [-0.15, -0.1) is 0 Å². The molecule has 7 nitrogen and oxygen atoms in total. The molecule has 7 heteroatoms. The second-order valence-corrected chi connectivity index (χ2v) is 5.47. The molecule has 1 saturated heterocycles. The maximum absolute atomic E-state index is 11.9. The van der Waals surface area contributed by atoms with E-state index in [2.05, 4.69) is 20.4 Å². The largest absolute Gasteiger partial charge is 0.496 e. The smallest absolute Gasteiger partial charge is 0.272 e. The van der Waals surface area contributed by atoms with Crippen molar-refractivity contribution in [2.24, 2.45) is 5.10 Å². The van der Waals surface area contributed by atoms with Gasteiger partial charge in [0.1, 0.15) is 5.75 Å². The molecule has 1 aromatic heterocycles. The van der Waals surface area contributed by atoms with E-state index < -0.39 is 0 Å². The van der Waals surface area contributed by atoms with Gasteiger partial charge in [-0.3, -0.25) is 9.78 Å². The van der Waals surface area contributed by atoms with Gasteiger partial charge in [0.2, 0.25) is 0 Å². The van der Waals surface area contributed by atoms with Crippen LogP contribution in [0.25, 0.3) is 0 Å². The second-order valence-electron chi connectivity index (χ2n) is 5.47. The first-order chi connectivity index (χ1) is 12.3. The van der Waals surface area contributed by atoms with Gasteiger partial charge in [-0.2, -0.15) is 5.10 Å². The Balaban J connectivity index is 1.68. The highest BCUT2D eigenvalue weighted by atomic mass is 16.5. The van der Waals surface area contributed by atoms with Crippen molar-refractivity contribution in [3.05, 3.63) is 53.9 Å². The van der Waals surface area contributed by atoms with E-state index in [1.54, 1.807) is 31.7 Å². The van der Waals surface area contributed by atoms with Crippen LogP contribution in [0.3, 0.4) is 0 Å². The van der Waals surface area contributed by atoms with Gasteiger partial charge >= 0.3 is 0 Å². The summed E-state index contributed by atoms with van der Waals surface area (Å²) in [4.78, 5) is 18.1. The molecule has 0 aliphatic carbocycles. The minimum atomic E-state index is -0.312. The number of pyridine rings is 1. The Bertz CT molecular complexity index is 743. The molecule has 0 atom stereocenters. The number of anilines is 1. The second kappa shape index (κ2) is 8.25. The van der Waals surface area contributed by atoms with Crippen molar-refractivity contribution in [2.45, 2.75) is 0 Å². The molecule has 25 heavy (non-hydrogen) atoms. The van der Waals surface area contributed by atoms with Crippen molar-refractivity contribution < 1.29 is 14.3 Å². The first-order valence-corrected chi connectivity index (χ1v) is 8.02. The van der Waals surface area contributed by atoms with Crippen LogP contribution in [0.4, 0.5) is 5.69 Å². The molecule has 1 N–H and O–H groups in total. The average Bonchev–Trinajstić information content (AvgIpc) is 2.69. The van der Waals surface area contributed by atoms with Crippen LogP contribution in [0.5, 0.6) is 5.75 Å². The number of ether oxygens (including phenoxy) is 2. The molecule has 0 spiro atoms. The summed E-state index contributed by atoms with van der Waals surface area (Å²) < 4.78 is 10.8. The highest BCUT2D eigenvalue weighted by Crippen LogP contribution is 2.25. The van der Waals surface area contributed by atoms with Gasteiger partial charge in [0.05, 0.1) is 32.1 Å². The standard InChI is InChI=1S/C18H20N4O3/c1-24-17-11-16(22-7-9-25-10-8-22)5-4-14(17)13-20-21-18(23)15-3-2-6-19-12-15/h2-6,11-13H,7-10H2,1H3,(H,21,23)/b20-13-. The van der Waals surface area contributed by atoms with Crippen LogP contribution in [0.1, 0.15) is 15.9 Å². The van der Waals surface area contributed by atoms with Gasteiger partial charge in [0, 0.05) is 42.8 Å². The molecule has 0 bridgehead atoms. The summed E-state index contributed by atoms with van der Waals surface area (Å²) in [5, 5.41) is 4.00. The molecule has 0 unspecified atom stereocenters. The Morgan fingerprint density at radius 3 is 2.92 bits per heavy atom. The van der Waals surface area contributed by atoms with E-state index in [1.807, 2.05) is 18.2 Å². The fraction of sp³-hybridized carbons (Fsp3) is 0.278. The Morgan fingerprint density at radius 1 is 1.36 bits per heavy atom. The van der Waals surface area contributed by atoms with Gasteiger partial charge in [-0.05, 0) is 24.3 Å². The van der Waals surface area contributed by atoms with E-state index in [4.69, 9.17) is 9.47 Å². The highest BCUT2D eigenvalue weighted by molar-refractivity contribution is 5.94. The summed E-state index contributed by atoms with van der Waals surface area (Å²) in [6, 6.07) is 9.28. The minimum Gasteiger partial charge on any atom is -0.496 e. The quantitative estimate of drug-likeness (QED) is 0.662. The summed E-state index contributed by atoms with van der Waals surface area (Å²) in [5.41, 5.74) is 4.80. The number of aromatic nitrogens is 1. The molecule has 1 fully saturated rings. The zero-order valence-electron chi connectivity index (χ0n) is 14.0. The number of nitrogens with one attached hydrogen (secondary N) is 1. The number of carbonyl (C=O) groups excluding carboxylic acids is 1. The first-order valence-electron chi connectivity index (χ1n) is 8.02. The third-order valence-corrected chi connectivity index (χ3v) is 3.89. The lowest BCUT2D eigenvalue weighted by Crippen LogP contribution is -2.36. The van der Waals surface area contributed by atoms with Gasteiger partial charge in [0.25, 0.3) is 5.91 Å². The molecule has 3 rings (SSSR count). The molecular weight excluding hydrogens is 320 g/mol. The predicted molar refractivity (Wildman–Crippen MR) is 95.3 cm³/mol. The molecule has 1 aliphatic rings. The minimum absolute atomic E-state index is 0.312. The van der Waals surface area contributed by atoms with Crippen LogP contribution in [0.15, 0.2) is 47.8 Å². The highest BCUT2D eigenvalue weighted by Gasteiger charge is 2.13. The average molecular weight is 340 g/mol. The normalized spacial score (nSPS) is 14.5. The molecule has 1 amide bonds. The zero-order valence-corrected chi connectivity index (χ0v) is 14.0. The molecule has 0 radical (unpaired) electrons. The van der Waals surface area contributed by atoms with Crippen molar-refractivity contribution in [2.75, 3.05) is 38.3 Å². The van der Waals surface area contributed by atoms with Gasteiger partial charge in [0.15, 0.2) is 0 Å². The van der Waals surface area contributed by atoms with Crippen LogP contribution < -0.4 is 15.1 Å². The maximum atomic E-state index is 11.9. The molecule has 1 aliphatic heterocycles. The number of nitrogens with zero attached hydrogens (tertiary/aromatic N) is 3. The molecule has 0 saturated carbocycles. The third kappa shape index (κ3) is 4.33. The van der Waals surface area contributed by atoms with Gasteiger partial charge in [-0.25, -0.2) is 5.43 Å². The van der Waals surface area contributed by atoms with Crippen LogP contribution in [0, 0.1) is 0 Å². The van der Waals surface area contributed by atoms with E-state index in [-0.39, 0.29) is 5.91 Å². The topological polar surface area (TPSA) is 76.1 Å². The van der Waals surface area contributed by atoms with E-state index in [9.17, 15) is 4.79 Å². The summed E-state index contributed by atoms with van der Waals surface area (Å²) in [7, 11) is 1.62. The fourth-order valence-electron chi connectivity index (χ4n) is 2.55. The van der Waals surface area contributed by atoms with Crippen LogP contribution in [-0.2, 0) is 4.74 Å². The summed E-state index contributed by atoms with van der Waals surface area (Å²) >= 11 is 0. The molecular formula is C18H20N4O3. The zero-order chi connectivity index (χ0) is 17.5. The van der Waals surface area contributed by atoms with E-state index in [1.165, 1.54) is 6.20 Å². The summed E-state index contributed by atoms with van der Waals surface area (Å²) in [5.74, 6) is 0.386. The van der Waals surface area contributed by atoms with Crippen molar-refractivity contribution in [1.29, 1.82) is 0 Å². The van der Waals surface area contributed by atoms with Crippen molar-refractivity contribution >= 4 is 17.8 Å². The van der Waals surface area contributed by atoms with Crippen LogP contribution in [0.2, 0.25) is 0 Å². The van der Waals surface area contributed by atoms with Crippen molar-refractivity contribution in [3.63, 3.8) is 0 Å². The van der Waals surface area contributed by atoms with Crippen LogP contribution in [-0.4, -0.2) is 50.5 Å². The number of morpholine rings is 1. The van der Waals surface area contributed by atoms with Gasteiger partial charge in [-0.1, -0.05) is 0 Å². The summed E-state index contributed by atoms with van der Waals surface area (Å²) in [6.07, 6.45) is 4.67. The number of methoxy groups -OCH3 is 1. The third-order valence-electron chi connectivity index (χ3n) is 3.89. The number of hydrazone groups is 1. The fourth-order valence-corrected chi connectivity index (χ4v) is 2.55. The molecule has 2 heterocycles. The Labute approximate surface area is 146 Å². The lowest BCUT2D eigenvalue weighted by molar-refractivity contribution is 0.0954. The van der Waals surface area contributed by atoms with Gasteiger partial charge < -0.3 is 14.4 Å². The lowest BCUT2D eigenvalue weighted by atomic mass is 10.1. The molecule has 130 valence electrons. The Morgan fingerprint density at radius 2 is 2.20 bits per heavy atom. The Kier molecular flexibility index (Phi) is 5.58. The monoisotopic (exact) mass is 340 g/mol. The summed E-state index contributed by atoms with van der Waals surface area (Å²) in [6.45, 7) is 3.17. The number of amides is 1. The number of benzene rings is 1. The van der Waals surface area contributed by atoms with Crippen LogP contribution >= 0.6 is 0 Å². The van der Waals surface area contributed by atoms with E-state index in [0.29, 0.717) is 11.3 Å². The van der Waals surface area contributed by atoms with Crippen molar-refractivity contribution in [1.82, 2.24) is 10.4 Å². The lowest BCUT2D eigenvalue weighted by Gasteiger charge is -2.29. The Hall–Kier alpha value is -2.93. The number of carbonyl (C=O) groups is 1.